The van der Waals surface area contributed by atoms with Gasteiger partial charge in [-0.2, -0.15) is 0 Å². The van der Waals surface area contributed by atoms with Gasteiger partial charge in [0.2, 0.25) is 0 Å². The number of alkyl halides is 2. The first-order valence-corrected chi connectivity index (χ1v) is 4.45. The standard InChI is InChI=1S/C10H8F2O4/c1-4-3-6-8(16-10(11,12)15-6)5(2)7(4)9(13)14/h3H,1-2H3,(H,13,14). The monoisotopic (exact) mass is 230 g/mol. The van der Waals surface area contributed by atoms with Crippen LogP contribution in [0, 0.1) is 13.8 Å². The Labute approximate surface area is 89.4 Å². The van der Waals surface area contributed by atoms with Crippen LogP contribution in [0.5, 0.6) is 11.5 Å². The lowest BCUT2D eigenvalue weighted by molar-refractivity contribution is -0.286. The summed E-state index contributed by atoms with van der Waals surface area (Å²) in [6.07, 6.45) is -3.73. The summed E-state index contributed by atoms with van der Waals surface area (Å²) in [6, 6.07) is 1.23. The number of aryl methyl sites for hydroxylation is 1. The third kappa shape index (κ3) is 1.46. The maximum atomic E-state index is 12.8. The second-order valence-corrected chi connectivity index (χ2v) is 3.49. The summed E-state index contributed by atoms with van der Waals surface area (Å²) in [4.78, 5) is 10.9. The van der Waals surface area contributed by atoms with E-state index in [4.69, 9.17) is 5.11 Å². The zero-order chi connectivity index (χ0) is 12.1. The molecule has 0 saturated heterocycles. The number of benzene rings is 1. The summed E-state index contributed by atoms with van der Waals surface area (Å²) >= 11 is 0. The largest absolute Gasteiger partial charge is 0.586 e. The fourth-order valence-electron chi connectivity index (χ4n) is 1.73. The van der Waals surface area contributed by atoms with Gasteiger partial charge >= 0.3 is 12.3 Å². The van der Waals surface area contributed by atoms with Gasteiger partial charge in [0.15, 0.2) is 11.5 Å². The molecule has 0 fully saturated rings. The van der Waals surface area contributed by atoms with E-state index in [0.717, 1.165) is 0 Å². The lowest BCUT2D eigenvalue weighted by atomic mass is 10.0. The van der Waals surface area contributed by atoms with E-state index in [1.807, 2.05) is 0 Å². The Balaban J connectivity index is 2.63. The number of carboxylic acid groups (broad SMARTS) is 1. The van der Waals surface area contributed by atoms with Crippen molar-refractivity contribution in [1.29, 1.82) is 0 Å². The number of aromatic carboxylic acids is 1. The Kier molecular flexibility index (Phi) is 2.04. The van der Waals surface area contributed by atoms with Crippen LogP contribution in [0.15, 0.2) is 6.07 Å². The minimum absolute atomic E-state index is 0.0416. The highest BCUT2D eigenvalue weighted by atomic mass is 19.3. The van der Waals surface area contributed by atoms with Crippen molar-refractivity contribution in [3.63, 3.8) is 0 Å². The zero-order valence-electron chi connectivity index (χ0n) is 8.51. The molecule has 1 aliphatic rings. The molecular weight excluding hydrogens is 222 g/mol. The number of rotatable bonds is 1. The van der Waals surface area contributed by atoms with Gasteiger partial charge in [-0.05, 0) is 25.5 Å². The molecule has 0 bridgehead atoms. The maximum Gasteiger partial charge on any atom is 0.586 e. The van der Waals surface area contributed by atoms with Crippen molar-refractivity contribution in [2.24, 2.45) is 0 Å². The Morgan fingerprint density at radius 2 is 2.00 bits per heavy atom. The fourth-order valence-corrected chi connectivity index (χ4v) is 1.73. The van der Waals surface area contributed by atoms with E-state index in [9.17, 15) is 13.6 Å². The SMILES string of the molecule is Cc1cc2c(c(C)c1C(=O)O)OC(F)(F)O2. The highest BCUT2D eigenvalue weighted by Gasteiger charge is 2.45. The van der Waals surface area contributed by atoms with Crippen LogP contribution in [-0.4, -0.2) is 17.4 Å². The summed E-state index contributed by atoms with van der Waals surface area (Å²) in [5, 5.41) is 8.92. The first-order chi connectivity index (χ1) is 7.32. The molecular formula is C10H8F2O4. The third-order valence-corrected chi connectivity index (χ3v) is 2.34. The first kappa shape index (κ1) is 10.7. The number of hydrogen-bond donors (Lipinski definition) is 1. The topological polar surface area (TPSA) is 55.8 Å². The van der Waals surface area contributed by atoms with Crippen molar-refractivity contribution < 1.29 is 28.2 Å². The summed E-state index contributed by atoms with van der Waals surface area (Å²) in [6.45, 7) is 2.91. The molecule has 1 N–H and O–H groups in total. The number of carbonyl (C=O) groups is 1. The van der Waals surface area contributed by atoms with Gasteiger partial charge < -0.3 is 14.6 Å². The molecule has 6 heteroatoms. The highest BCUT2D eigenvalue weighted by Crippen LogP contribution is 2.45. The molecule has 0 amide bonds. The van der Waals surface area contributed by atoms with Crippen LogP contribution >= 0.6 is 0 Å². The predicted octanol–water partition coefficient (Wildman–Crippen LogP) is 2.32. The molecule has 1 heterocycles. The number of halogens is 2. The van der Waals surface area contributed by atoms with Crippen molar-refractivity contribution in [2.45, 2.75) is 20.1 Å². The molecule has 0 aromatic heterocycles. The Hall–Kier alpha value is -1.85. The molecule has 1 aliphatic heterocycles. The summed E-state index contributed by atoms with van der Waals surface area (Å²) < 4.78 is 34.1. The molecule has 86 valence electrons. The van der Waals surface area contributed by atoms with Gasteiger partial charge in [0.25, 0.3) is 0 Å². The van der Waals surface area contributed by atoms with Crippen molar-refractivity contribution >= 4 is 5.97 Å². The lowest BCUT2D eigenvalue weighted by Gasteiger charge is -2.07. The Morgan fingerprint density at radius 1 is 1.38 bits per heavy atom. The third-order valence-electron chi connectivity index (χ3n) is 2.34. The normalized spacial score (nSPS) is 16.2. The second kappa shape index (κ2) is 3.07. The van der Waals surface area contributed by atoms with Gasteiger partial charge in [-0.25, -0.2) is 4.79 Å². The number of carboxylic acids is 1. The van der Waals surface area contributed by atoms with Gasteiger partial charge in [-0.3, -0.25) is 0 Å². The first-order valence-electron chi connectivity index (χ1n) is 4.45. The lowest BCUT2D eigenvalue weighted by Crippen LogP contribution is -2.26. The van der Waals surface area contributed by atoms with Crippen LogP contribution in [-0.2, 0) is 0 Å². The van der Waals surface area contributed by atoms with E-state index in [2.05, 4.69) is 9.47 Å². The van der Waals surface area contributed by atoms with Crippen LogP contribution in [0.2, 0.25) is 0 Å². The van der Waals surface area contributed by atoms with Gasteiger partial charge in [0, 0.05) is 5.56 Å². The van der Waals surface area contributed by atoms with E-state index >= 15 is 0 Å². The minimum atomic E-state index is -3.73. The smallest absolute Gasteiger partial charge is 0.478 e. The fraction of sp³-hybridized carbons (Fsp3) is 0.300. The van der Waals surface area contributed by atoms with Gasteiger partial charge in [0.05, 0.1) is 5.56 Å². The van der Waals surface area contributed by atoms with E-state index in [-0.39, 0.29) is 22.6 Å². The molecule has 2 rings (SSSR count). The summed E-state index contributed by atoms with van der Waals surface area (Å²) in [7, 11) is 0. The van der Waals surface area contributed by atoms with Crippen LogP contribution < -0.4 is 9.47 Å². The molecule has 0 unspecified atom stereocenters. The summed E-state index contributed by atoms with van der Waals surface area (Å²) in [5.41, 5.74) is 0.449. The van der Waals surface area contributed by atoms with E-state index < -0.39 is 12.3 Å². The zero-order valence-corrected chi connectivity index (χ0v) is 8.51. The van der Waals surface area contributed by atoms with Crippen molar-refractivity contribution in [3.8, 4) is 11.5 Å². The van der Waals surface area contributed by atoms with Crippen LogP contribution in [0.1, 0.15) is 21.5 Å². The molecule has 1 aromatic carbocycles. The minimum Gasteiger partial charge on any atom is -0.478 e. The van der Waals surface area contributed by atoms with Crippen molar-refractivity contribution in [1.82, 2.24) is 0 Å². The van der Waals surface area contributed by atoms with Crippen LogP contribution in [0.4, 0.5) is 8.78 Å². The highest BCUT2D eigenvalue weighted by molar-refractivity contribution is 5.92. The summed E-state index contributed by atoms with van der Waals surface area (Å²) in [5.74, 6) is -1.53. The molecule has 0 spiro atoms. The maximum absolute atomic E-state index is 12.8. The van der Waals surface area contributed by atoms with E-state index in [1.165, 1.54) is 19.9 Å². The molecule has 1 aromatic rings. The number of fused-ring (bicyclic) bond motifs is 1. The van der Waals surface area contributed by atoms with E-state index in [1.54, 1.807) is 0 Å². The number of hydrogen-bond acceptors (Lipinski definition) is 3. The molecule has 0 saturated carbocycles. The van der Waals surface area contributed by atoms with Gasteiger partial charge in [0.1, 0.15) is 0 Å². The van der Waals surface area contributed by atoms with Gasteiger partial charge in [-0.1, -0.05) is 0 Å². The average molecular weight is 230 g/mol. The van der Waals surface area contributed by atoms with Crippen molar-refractivity contribution in [2.75, 3.05) is 0 Å². The molecule has 0 radical (unpaired) electrons. The average Bonchev–Trinajstić information content (AvgIpc) is 2.39. The second-order valence-electron chi connectivity index (χ2n) is 3.49. The van der Waals surface area contributed by atoms with Crippen LogP contribution in [0.3, 0.4) is 0 Å². The molecule has 0 aliphatic carbocycles. The Morgan fingerprint density at radius 3 is 2.56 bits per heavy atom. The van der Waals surface area contributed by atoms with Gasteiger partial charge in [-0.15, -0.1) is 8.78 Å². The predicted molar refractivity (Wildman–Crippen MR) is 49.1 cm³/mol. The Bertz CT molecular complexity index is 482. The number of ether oxygens (including phenoxy) is 2. The van der Waals surface area contributed by atoms with Crippen LogP contribution in [0.25, 0.3) is 0 Å². The quantitative estimate of drug-likeness (QED) is 0.804. The van der Waals surface area contributed by atoms with E-state index in [0.29, 0.717) is 5.56 Å². The molecule has 16 heavy (non-hydrogen) atoms. The molecule has 0 atom stereocenters. The molecule has 4 nitrogen and oxygen atoms in total. The van der Waals surface area contributed by atoms with Crippen molar-refractivity contribution in [3.05, 3.63) is 22.8 Å².